The number of rotatable bonds is 8. The zero-order valence-corrected chi connectivity index (χ0v) is 16.6. The molecule has 0 atom stereocenters. The van der Waals surface area contributed by atoms with Gasteiger partial charge in [-0.25, -0.2) is 0 Å². The van der Waals surface area contributed by atoms with Crippen molar-refractivity contribution in [2.24, 2.45) is 0 Å². The van der Waals surface area contributed by atoms with Crippen molar-refractivity contribution in [2.75, 3.05) is 58.2 Å². The van der Waals surface area contributed by atoms with E-state index in [1.165, 1.54) is 17.0 Å². The molecule has 1 N–H and O–H groups in total. The maximum atomic E-state index is 12.2. The van der Waals surface area contributed by atoms with E-state index in [1.54, 1.807) is 7.05 Å². The Morgan fingerprint density at radius 1 is 1.13 bits per heavy atom. The molecule has 2 amide bonds. The molecule has 0 radical (unpaired) electrons. The number of likely N-dealkylation sites (N-methyl/N-ethyl adjacent to an activating group) is 1. The van der Waals surface area contributed by atoms with Crippen LogP contribution in [0.5, 0.6) is 5.75 Å². The van der Waals surface area contributed by atoms with E-state index in [0.717, 1.165) is 12.1 Å². The number of benzene rings is 1. The molecule has 11 heteroatoms. The molecule has 1 aliphatic heterocycles. The number of nitrogens with one attached hydrogen (secondary N) is 1. The summed E-state index contributed by atoms with van der Waals surface area (Å²) < 4.78 is 40.3. The summed E-state index contributed by atoms with van der Waals surface area (Å²) in [5, 5.41) is 11.2. The molecular formula is C19H24F3N5O3. The second-order valence-corrected chi connectivity index (χ2v) is 6.90. The van der Waals surface area contributed by atoms with Gasteiger partial charge in [-0.3, -0.25) is 19.4 Å². The van der Waals surface area contributed by atoms with Crippen LogP contribution in [0.4, 0.5) is 18.9 Å². The van der Waals surface area contributed by atoms with Gasteiger partial charge < -0.3 is 15.0 Å². The number of piperazine rings is 1. The first-order valence-corrected chi connectivity index (χ1v) is 9.37. The van der Waals surface area contributed by atoms with Gasteiger partial charge in [0.15, 0.2) is 0 Å². The molecule has 8 nitrogen and oxygen atoms in total. The van der Waals surface area contributed by atoms with Gasteiger partial charge in [0.1, 0.15) is 5.75 Å². The number of carbonyl (C=O) groups is 2. The molecular weight excluding hydrogens is 403 g/mol. The zero-order chi connectivity index (χ0) is 22.1. The molecule has 1 aromatic carbocycles. The lowest BCUT2D eigenvalue weighted by Crippen LogP contribution is -2.51. The Kier molecular flexibility index (Phi) is 8.44. The predicted octanol–water partition coefficient (Wildman–Crippen LogP) is 1.51. The van der Waals surface area contributed by atoms with Crippen LogP contribution in [0.1, 0.15) is 6.42 Å². The topological polar surface area (TPSA) is 88.9 Å². The van der Waals surface area contributed by atoms with Crippen molar-refractivity contribution >= 4 is 17.5 Å². The Bertz CT molecular complexity index is 756. The van der Waals surface area contributed by atoms with E-state index in [0.29, 0.717) is 44.8 Å². The van der Waals surface area contributed by atoms with E-state index in [4.69, 9.17) is 5.26 Å². The van der Waals surface area contributed by atoms with Crippen molar-refractivity contribution in [2.45, 2.75) is 12.8 Å². The third-order valence-corrected chi connectivity index (χ3v) is 4.55. The minimum Gasteiger partial charge on any atom is -0.406 e. The van der Waals surface area contributed by atoms with Gasteiger partial charge in [0.05, 0.1) is 25.6 Å². The number of amides is 2. The quantitative estimate of drug-likeness (QED) is 0.677. The van der Waals surface area contributed by atoms with E-state index in [9.17, 15) is 22.8 Å². The molecule has 1 heterocycles. The van der Waals surface area contributed by atoms with Crippen molar-refractivity contribution in [3.8, 4) is 11.8 Å². The molecule has 164 valence electrons. The minimum atomic E-state index is -4.76. The molecule has 2 rings (SSSR count). The van der Waals surface area contributed by atoms with Gasteiger partial charge >= 0.3 is 6.36 Å². The van der Waals surface area contributed by atoms with Gasteiger partial charge in [0, 0.05) is 45.5 Å². The Morgan fingerprint density at radius 2 is 1.70 bits per heavy atom. The summed E-state index contributed by atoms with van der Waals surface area (Å²) in [4.78, 5) is 29.8. The molecule has 0 aliphatic carbocycles. The van der Waals surface area contributed by atoms with E-state index in [-0.39, 0.29) is 30.7 Å². The molecule has 0 bridgehead atoms. The highest BCUT2D eigenvalue weighted by Gasteiger charge is 2.31. The largest absolute Gasteiger partial charge is 0.573 e. The first kappa shape index (κ1) is 23.4. The van der Waals surface area contributed by atoms with Crippen LogP contribution < -0.4 is 10.1 Å². The number of hydrogen-bond acceptors (Lipinski definition) is 6. The van der Waals surface area contributed by atoms with Gasteiger partial charge in [-0.2, -0.15) is 5.26 Å². The minimum absolute atomic E-state index is 0.0469. The van der Waals surface area contributed by atoms with Crippen LogP contribution in [0, 0.1) is 11.3 Å². The smallest absolute Gasteiger partial charge is 0.406 e. The maximum Gasteiger partial charge on any atom is 0.573 e. The molecule has 0 aromatic heterocycles. The van der Waals surface area contributed by atoms with Crippen LogP contribution in [0.25, 0.3) is 0 Å². The molecule has 1 fully saturated rings. The fourth-order valence-corrected chi connectivity index (χ4v) is 2.90. The van der Waals surface area contributed by atoms with Crippen molar-refractivity contribution in [1.29, 1.82) is 5.26 Å². The predicted molar refractivity (Wildman–Crippen MR) is 103 cm³/mol. The van der Waals surface area contributed by atoms with E-state index >= 15 is 0 Å². The molecule has 30 heavy (non-hydrogen) atoms. The normalized spacial score (nSPS) is 15.3. The average molecular weight is 427 g/mol. The van der Waals surface area contributed by atoms with Crippen molar-refractivity contribution in [3.63, 3.8) is 0 Å². The summed E-state index contributed by atoms with van der Waals surface area (Å²) in [5.41, 5.74) is 0.374. The number of hydrogen-bond donors (Lipinski definition) is 1. The molecule has 0 spiro atoms. The first-order valence-electron chi connectivity index (χ1n) is 9.37. The Balaban J connectivity index is 1.71. The molecule has 0 saturated carbocycles. The second-order valence-electron chi connectivity index (χ2n) is 6.90. The Hall–Kier alpha value is -2.84. The number of alkyl halides is 3. The first-order chi connectivity index (χ1) is 14.2. The highest BCUT2D eigenvalue weighted by molar-refractivity contribution is 5.92. The number of anilines is 1. The van der Waals surface area contributed by atoms with Crippen LogP contribution >= 0.6 is 0 Å². The van der Waals surface area contributed by atoms with Crippen molar-refractivity contribution in [3.05, 3.63) is 24.3 Å². The van der Waals surface area contributed by atoms with E-state index in [2.05, 4.69) is 10.1 Å². The third kappa shape index (κ3) is 8.26. The summed E-state index contributed by atoms with van der Waals surface area (Å²) in [7, 11) is 1.67. The van der Waals surface area contributed by atoms with Crippen molar-refractivity contribution in [1.82, 2.24) is 14.7 Å². The number of nitriles is 1. The van der Waals surface area contributed by atoms with Crippen molar-refractivity contribution < 1.29 is 27.5 Å². The standard InChI is InChI=1S/C19H24F3N5O3/c1-25(8-2-7-23)18(29)14-27-11-9-26(10-12-27)13-17(28)24-15-3-5-16(6-4-15)30-19(20,21)22/h3-6H,2,8-14H2,1H3,(H,24,28). The fraction of sp³-hybridized carbons (Fsp3) is 0.526. The number of halogens is 3. The van der Waals surface area contributed by atoms with Crippen LogP contribution in [-0.2, 0) is 9.59 Å². The molecule has 0 unspecified atom stereocenters. The van der Waals surface area contributed by atoms with Crippen LogP contribution in [-0.4, -0.2) is 85.7 Å². The second kappa shape index (κ2) is 10.8. The number of ether oxygens (including phenoxy) is 1. The summed E-state index contributed by atoms with van der Waals surface area (Å²) in [6.07, 6.45) is -4.47. The van der Waals surface area contributed by atoms with Gasteiger partial charge in [0.2, 0.25) is 11.8 Å². The lowest BCUT2D eigenvalue weighted by molar-refractivity contribution is -0.274. The van der Waals surface area contributed by atoms with Gasteiger partial charge in [-0.1, -0.05) is 0 Å². The lowest BCUT2D eigenvalue weighted by atomic mass is 10.2. The average Bonchev–Trinajstić information content (AvgIpc) is 2.68. The van der Waals surface area contributed by atoms with Crippen LogP contribution in [0.3, 0.4) is 0 Å². The fourth-order valence-electron chi connectivity index (χ4n) is 2.90. The highest BCUT2D eigenvalue weighted by Crippen LogP contribution is 2.23. The maximum absolute atomic E-state index is 12.2. The summed E-state index contributed by atoms with van der Waals surface area (Å²) in [5.74, 6) is -0.681. The zero-order valence-electron chi connectivity index (χ0n) is 16.6. The van der Waals surface area contributed by atoms with Gasteiger partial charge in [0.25, 0.3) is 0 Å². The summed E-state index contributed by atoms with van der Waals surface area (Å²) in [6, 6.07) is 6.95. The van der Waals surface area contributed by atoms with E-state index in [1.807, 2.05) is 15.9 Å². The number of nitrogens with zero attached hydrogens (tertiary/aromatic N) is 4. The highest BCUT2D eigenvalue weighted by atomic mass is 19.4. The molecule has 1 aliphatic rings. The van der Waals surface area contributed by atoms with Crippen LogP contribution in [0.15, 0.2) is 24.3 Å². The summed E-state index contributed by atoms with van der Waals surface area (Å²) in [6.45, 7) is 3.31. The van der Waals surface area contributed by atoms with Gasteiger partial charge in [-0.05, 0) is 24.3 Å². The summed E-state index contributed by atoms with van der Waals surface area (Å²) >= 11 is 0. The van der Waals surface area contributed by atoms with E-state index < -0.39 is 6.36 Å². The lowest BCUT2D eigenvalue weighted by Gasteiger charge is -2.34. The SMILES string of the molecule is CN(CCC#N)C(=O)CN1CCN(CC(=O)Nc2ccc(OC(F)(F)F)cc2)CC1. The Labute approximate surface area is 172 Å². The van der Waals surface area contributed by atoms with Gasteiger partial charge in [-0.15, -0.1) is 13.2 Å². The number of carbonyl (C=O) groups excluding carboxylic acids is 2. The Morgan fingerprint density at radius 3 is 2.23 bits per heavy atom. The monoisotopic (exact) mass is 427 g/mol. The third-order valence-electron chi connectivity index (χ3n) is 4.55. The molecule has 1 aromatic rings. The molecule has 1 saturated heterocycles. The van der Waals surface area contributed by atoms with Crippen LogP contribution in [0.2, 0.25) is 0 Å².